The minimum absolute atomic E-state index is 0.0661. The Morgan fingerprint density at radius 2 is 1.87 bits per heavy atom. The zero-order valence-electron chi connectivity index (χ0n) is 19.5. The Morgan fingerprint density at radius 3 is 2.63 bits per heavy atom. The summed E-state index contributed by atoms with van der Waals surface area (Å²) in [6.45, 7) is 10.7. The monoisotopic (exact) mass is 414 g/mol. The number of rotatable bonds is 0. The third kappa shape index (κ3) is 2.55. The summed E-state index contributed by atoms with van der Waals surface area (Å²) in [4.78, 5) is 0. The molecule has 3 heteroatoms. The van der Waals surface area contributed by atoms with Crippen molar-refractivity contribution in [1.29, 1.82) is 0 Å². The summed E-state index contributed by atoms with van der Waals surface area (Å²) >= 11 is 0. The lowest BCUT2D eigenvalue weighted by atomic mass is 9.48. The SMILES string of the molecule is C[C@@H]1CC[C@@]2(OC1)O[C@H]1C[C@@H]3[C@@H]4CC[C@H]5C[C@@H](O)CC[C@]5(C)C4=CC[C@]3(C)[C@H]1[C@@H]2C. The average Bonchev–Trinajstić information content (AvgIpc) is 3.16. The molecule has 3 nitrogen and oxygen atoms in total. The Bertz CT molecular complexity index is 736. The third-order valence-electron chi connectivity index (χ3n) is 11.3. The average molecular weight is 415 g/mol. The largest absolute Gasteiger partial charge is 0.393 e. The van der Waals surface area contributed by atoms with E-state index in [9.17, 15) is 5.11 Å². The predicted molar refractivity (Wildman–Crippen MR) is 118 cm³/mol. The molecule has 0 bridgehead atoms. The molecule has 0 aromatic rings. The minimum atomic E-state index is -0.303. The van der Waals surface area contributed by atoms with Gasteiger partial charge in [-0.1, -0.05) is 39.3 Å². The second-order valence-corrected chi connectivity index (χ2v) is 12.7. The second-order valence-electron chi connectivity index (χ2n) is 12.7. The van der Waals surface area contributed by atoms with Crippen molar-refractivity contribution in [2.45, 2.75) is 103 Å². The molecule has 6 aliphatic rings. The lowest BCUT2D eigenvalue weighted by Gasteiger charge is -2.57. The lowest BCUT2D eigenvalue weighted by molar-refractivity contribution is -0.272. The number of hydrogen-bond donors (Lipinski definition) is 1. The van der Waals surface area contributed by atoms with Crippen molar-refractivity contribution in [2.24, 2.45) is 46.3 Å². The fraction of sp³-hybridized carbons (Fsp3) is 0.926. The predicted octanol–water partition coefficient (Wildman–Crippen LogP) is 5.71. The number of ether oxygens (including phenoxy) is 2. The molecule has 11 atom stereocenters. The molecule has 2 saturated heterocycles. The number of fused-ring (bicyclic) bond motifs is 7. The van der Waals surface area contributed by atoms with Crippen molar-refractivity contribution in [1.82, 2.24) is 0 Å². The molecule has 30 heavy (non-hydrogen) atoms. The molecule has 0 amide bonds. The molecule has 0 unspecified atom stereocenters. The first-order valence-corrected chi connectivity index (χ1v) is 13.0. The molecule has 2 aliphatic heterocycles. The van der Waals surface area contributed by atoms with Gasteiger partial charge in [-0.2, -0.15) is 0 Å². The van der Waals surface area contributed by atoms with Crippen LogP contribution in [0.15, 0.2) is 11.6 Å². The van der Waals surface area contributed by atoms with Gasteiger partial charge in [0.1, 0.15) is 0 Å². The summed E-state index contributed by atoms with van der Waals surface area (Å²) in [5.74, 6) is 3.68. The van der Waals surface area contributed by atoms with Crippen molar-refractivity contribution in [3.63, 3.8) is 0 Å². The molecule has 0 radical (unpaired) electrons. The molecule has 1 spiro atoms. The quantitative estimate of drug-likeness (QED) is 0.516. The van der Waals surface area contributed by atoms with Gasteiger partial charge in [-0.15, -0.1) is 0 Å². The lowest BCUT2D eigenvalue weighted by Crippen LogP contribution is -2.50. The van der Waals surface area contributed by atoms with E-state index in [4.69, 9.17) is 9.47 Å². The molecule has 4 aliphatic carbocycles. The Kier molecular flexibility index (Phi) is 4.44. The van der Waals surface area contributed by atoms with Crippen LogP contribution in [0.5, 0.6) is 0 Å². The fourth-order valence-corrected chi connectivity index (χ4v) is 9.52. The van der Waals surface area contributed by atoms with Crippen LogP contribution in [0.3, 0.4) is 0 Å². The Morgan fingerprint density at radius 1 is 1.03 bits per heavy atom. The number of allylic oxidation sites excluding steroid dienone is 2. The molecule has 0 aromatic heterocycles. The third-order valence-corrected chi connectivity index (χ3v) is 11.3. The van der Waals surface area contributed by atoms with Crippen LogP contribution in [0, 0.1) is 46.3 Å². The molecule has 2 heterocycles. The maximum absolute atomic E-state index is 10.3. The van der Waals surface area contributed by atoms with E-state index in [2.05, 4.69) is 33.8 Å². The first-order chi connectivity index (χ1) is 14.3. The summed E-state index contributed by atoms with van der Waals surface area (Å²) in [5, 5.41) is 10.3. The van der Waals surface area contributed by atoms with Gasteiger partial charge in [0.2, 0.25) is 0 Å². The highest BCUT2D eigenvalue weighted by atomic mass is 16.7. The first kappa shape index (κ1) is 20.2. The minimum Gasteiger partial charge on any atom is -0.393 e. The van der Waals surface area contributed by atoms with E-state index in [1.165, 1.54) is 38.5 Å². The Hall–Kier alpha value is -0.380. The van der Waals surface area contributed by atoms with Crippen molar-refractivity contribution < 1.29 is 14.6 Å². The van der Waals surface area contributed by atoms with Crippen LogP contribution in [0.2, 0.25) is 0 Å². The van der Waals surface area contributed by atoms with Gasteiger partial charge in [-0.3, -0.25) is 0 Å². The Labute approximate surface area is 183 Å². The van der Waals surface area contributed by atoms with E-state index in [0.29, 0.717) is 40.6 Å². The fourth-order valence-electron chi connectivity index (χ4n) is 9.52. The molecule has 1 N–H and O–H groups in total. The van der Waals surface area contributed by atoms with Crippen molar-refractivity contribution in [2.75, 3.05) is 6.61 Å². The highest BCUT2D eigenvalue weighted by Crippen LogP contribution is 2.69. The summed E-state index contributed by atoms with van der Waals surface area (Å²) in [6, 6.07) is 0. The molecule has 0 aromatic carbocycles. The van der Waals surface area contributed by atoms with Gasteiger partial charge >= 0.3 is 0 Å². The number of aliphatic hydroxyl groups excluding tert-OH is 1. The normalized spacial score (nSPS) is 59.8. The van der Waals surface area contributed by atoms with E-state index in [0.717, 1.165) is 37.7 Å². The van der Waals surface area contributed by atoms with Crippen LogP contribution in [-0.4, -0.2) is 29.7 Å². The zero-order valence-corrected chi connectivity index (χ0v) is 19.5. The molecule has 6 rings (SSSR count). The van der Waals surface area contributed by atoms with E-state index < -0.39 is 0 Å². The zero-order chi connectivity index (χ0) is 20.9. The summed E-state index contributed by atoms with van der Waals surface area (Å²) < 4.78 is 13.3. The standard InChI is InChI=1S/C27H42O3/c1-16-7-12-27(29-15-16)17(2)24-23(30-27)14-22-20-6-5-18-13-19(28)8-10-25(18,3)21(20)9-11-26(22,24)4/h9,16-20,22-24,28H,5-8,10-15H2,1-4H3/t16-,17+,18+,19+,20-,22-,23+,24+,25+,26+,27-/m1/s1. The Balaban J connectivity index is 1.30. The maximum Gasteiger partial charge on any atom is 0.171 e. The molecular formula is C27H42O3. The van der Waals surface area contributed by atoms with Gasteiger partial charge in [0, 0.05) is 12.3 Å². The van der Waals surface area contributed by atoms with Gasteiger partial charge < -0.3 is 14.6 Å². The summed E-state index contributed by atoms with van der Waals surface area (Å²) in [7, 11) is 0. The van der Waals surface area contributed by atoms with Crippen LogP contribution in [0.1, 0.15) is 85.5 Å². The molecule has 3 saturated carbocycles. The molecular weight excluding hydrogens is 372 g/mol. The van der Waals surface area contributed by atoms with Gasteiger partial charge in [-0.25, -0.2) is 0 Å². The van der Waals surface area contributed by atoms with Crippen LogP contribution in [0.4, 0.5) is 0 Å². The van der Waals surface area contributed by atoms with Crippen molar-refractivity contribution in [3.8, 4) is 0 Å². The molecule has 168 valence electrons. The van der Waals surface area contributed by atoms with E-state index in [1.54, 1.807) is 5.57 Å². The van der Waals surface area contributed by atoms with Crippen LogP contribution >= 0.6 is 0 Å². The van der Waals surface area contributed by atoms with E-state index in [-0.39, 0.29) is 11.9 Å². The van der Waals surface area contributed by atoms with E-state index >= 15 is 0 Å². The number of aliphatic hydroxyl groups is 1. The topological polar surface area (TPSA) is 38.7 Å². The smallest absolute Gasteiger partial charge is 0.171 e. The van der Waals surface area contributed by atoms with E-state index in [1.807, 2.05) is 0 Å². The van der Waals surface area contributed by atoms with Gasteiger partial charge in [0.05, 0.1) is 18.8 Å². The van der Waals surface area contributed by atoms with Crippen molar-refractivity contribution >= 4 is 0 Å². The maximum atomic E-state index is 10.3. The van der Waals surface area contributed by atoms with Gasteiger partial charge in [0.15, 0.2) is 5.79 Å². The van der Waals surface area contributed by atoms with Gasteiger partial charge in [0.25, 0.3) is 0 Å². The first-order valence-electron chi connectivity index (χ1n) is 13.0. The van der Waals surface area contributed by atoms with Gasteiger partial charge in [-0.05, 0) is 91.8 Å². The summed E-state index contributed by atoms with van der Waals surface area (Å²) in [5.41, 5.74) is 2.46. The number of hydrogen-bond acceptors (Lipinski definition) is 3. The highest BCUT2D eigenvalue weighted by Gasteiger charge is 2.67. The molecule has 5 fully saturated rings. The van der Waals surface area contributed by atoms with Crippen molar-refractivity contribution in [3.05, 3.63) is 11.6 Å². The highest BCUT2D eigenvalue weighted by molar-refractivity contribution is 5.30. The van der Waals surface area contributed by atoms with Crippen LogP contribution in [0.25, 0.3) is 0 Å². The van der Waals surface area contributed by atoms with Crippen LogP contribution in [-0.2, 0) is 9.47 Å². The summed E-state index contributed by atoms with van der Waals surface area (Å²) in [6.07, 6.45) is 13.6. The van der Waals surface area contributed by atoms with Crippen LogP contribution < -0.4 is 0 Å². The second kappa shape index (κ2) is 6.58.